The first-order valence-corrected chi connectivity index (χ1v) is 5.70. The number of rotatable bonds is 1. The second kappa shape index (κ2) is 5.48. The standard InChI is InChI=1S/C9H14N4O3S/c1-9(2,3)16-8(15)13-12-6(14)11-7-10-4-5-17-7/h4-5H,1-3H3,(H,13,15)(H2,10,11,12,14). The molecule has 3 N–H and O–H groups in total. The van der Waals surface area contributed by atoms with Crippen LogP contribution in [0.25, 0.3) is 0 Å². The van der Waals surface area contributed by atoms with E-state index >= 15 is 0 Å². The Balaban J connectivity index is 2.26. The molecule has 1 aromatic heterocycles. The van der Waals surface area contributed by atoms with Gasteiger partial charge in [0.15, 0.2) is 5.13 Å². The molecule has 0 bridgehead atoms. The van der Waals surface area contributed by atoms with E-state index in [4.69, 9.17) is 4.74 Å². The maximum atomic E-state index is 11.3. The molecular weight excluding hydrogens is 244 g/mol. The molecular formula is C9H14N4O3S. The number of hydrogen-bond acceptors (Lipinski definition) is 5. The molecule has 1 aromatic rings. The summed E-state index contributed by atoms with van der Waals surface area (Å²) < 4.78 is 4.92. The van der Waals surface area contributed by atoms with Crippen molar-refractivity contribution in [2.45, 2.75) is 26.4 Å². The maximum absolute atomic E-state index is 11.3. The van der Waals surface area contributed by atoms with Crippen molar-refractivity contribution < 1.29 is 14.3 Å². The highest BCUT2D eigenvalue weighted by atomic mass is 32.1. The van der Waals surface area contributed by atoms with Gasteiger partial charge in [-0.25, -0.2) is 25.4 Å². The van der Waals surface area contributed by atoms with Crippen molar-refractivity contribution in [2.75, 3.05) is 5.32 Å². The number of carbonyl (C=O) groups is 2. The topological polar surface area (TPSA) is 92.4 Å². The van der Waals surface area contributed by atoms with Gasteiger partial charge >= 0.3 is 12.1 Å². The number of thiazole rings is 1. The van der Waals surface area contributed by atoms with Gasteiger partial charge in [-0.1, -0.05) is 0 Å². The van der Waals surface area contributed by atoms with E-state index in [1.165, 1.54) is 11.3 Å². The van der Waals surface area contributed by atoms with Gasteiger partial charge < -0.3 is 4.74 Å². The Bertz CT molecular complexity index is 385. The van der Waals surface area contributed by atoms with Gasteiger partial charge in [0.2, 0.25) is 0 Å². The maximum Gasteiger partial charge on any atom is 0.426 e. The lowest BCUT2D eigenvalue weighted by molar-refractivity contribution is 0.0506. The molecule has 94 valence electrons. The molecule has 1 rings (SSSR count). The van der Waals surface area contributed by atoms with Gasteiger partial charge in [-0.3, -0.25) is 5.32 Å². The quantitative estimate of drug-likeness (QED) is 0.668. The third-order valence-electron chi connectivity index (χ3n) is 1.33. The Morgan fingerprint density at radius 3 is 2.59 bits per heavy atom. The predicted molar refractivity (Wildman–Crippen MR) is 63.6 cm³/mol. The van der Waals surface area contributed by atoms with Gasteiger partial charge in [-0.2, -0.15) is 0 Å². The van der Waals surface area contributed by atoms with E-state index in [1.807, 2.05) is 0 Å². The summed E-state index contributed by atoms with van der Waals surface area (Å²) in [6.45, 7) is 5.17. The smallest absolute Gasteiger partial charge is 0.426 e. The zero-order chi connectivity index (χ0) is 12.9. The largest absolute Gasteiger partial charge is 0.443 e. The average Bonchev–Trinajstić information content (AvgIpc) is 2.64. The van der Waals surface area contributed by atoms with Gasteiger partial charge in [0.05, 0.1) is 0 Å². The van der Waals surface area contributed by atoms with Crippen LogP contribution in [0.5, 0.6) is 0 Å². The highest BCUT2D eigenvalue weighted by Crippen LogP contribution is 2.09. The molecule has 3 amide bonds. The summed E-state index contributed by atoms with van der Waals surface area (Å²) in [5.74, 6) is 0. The molecule has 17 heavy (non-hydrogen) atoms. The monoisotopic (exact) mass is 258 g/mol. The minimum absolute atomic E-state index is 0.438. The van der Waals surface area contributed by atoms with Gasteiger partial charge in [-0.15, -0.1) is 11.3 Å². The molecule has 0 saturated carbocycles. The zero-order valence-electron chi connectivity index (χ0n) is 9.73. The van der Waals surface area contributed by atoms with E-state index in [9.17, 15) is 9.59 Å². The first-order valence-electron chi connectivity index (χ1n) is 4.82. The first kappa shape index (κ1) is 13.2. The molecule has 0 aromatic carbocycles. The van der Waals surface area contributed by atoms with Gasteiger partial charge in [0, 0.05) is 11.6 Å². The molecule has 8 heteroatoms. The lowest BCUT2D eigenvalue weighted by Gasteiger charge is -2.19. The molecule has 0 aliphatic heterocycles. The average molecular weight is 258 g/mol. The van der Waals surface area contributed by atoms with Crippen LogP contribution in [0.15, 0.2) is 11.6 Å². The normalized spacial score (nSPS) is 10.5. The molecule has 1 heterocycles. The summed E-state index contributed by atoms with van der Waals surface area (Å²) in [5, 5.41) is 4.58. The molecule has 0 radical (unpaired) electrons. The number of nitrogens with zero attached hydrogens (tertiary/aromatic N) is 1. The van der Waals surface area contributed by atoms with Crippen molar-refractivity contribution in [1.82, 2.24) is 15.8 Å². The third kappa shape index (κ3) is 5.71. The van der Waals surface area contributed by atoms with Crippen LogP contribution in [0, 0.1) is 0 Å². The van der Waals surface area contributed by atoms with Crippen LogP contribution >= 0.6 is 11.3 Å². The van der Waals surface area contributed by atoms with Crippen LogP contribution < -0.4 is 16.2 Å². The van der Waals surface area contributed by atoms with E-state index in [-0.39, 0.29) is 0 Å². The minimum Gasteiger partial charge on any atom is -0.443 e. The number of ether oxygens (including phenoxy) is 1. The van der Waals surface area contributed by atoms with Crippen LogP contribution in [0.1, 0.15) is 20.8 Å². The number of anilines is 1. The first-order chi connectivity index (χ1) is 7.87. The molecule has 0 atom stereocenters. The van der Waals surface area contributed by atoms with E-state index in [0.717, 1.165) is 0 Å². The molecule has 0 saturated heterocycles. The number of aromatic nitrogens is 1. The summed E-state index contributed by atoms with van der Waals surface area (Å²) in [7, 11) is 0. The fourth-order valence-electron chi connectivity index (χ4n) is 0.825. The Labute approximate surface area is 103 Å². The van der Waals surface area contributed by atoms with Crippen LogP contribution in [0.4, 0.5) is 14.7 Å². The van der Waals surface area contributed by atoms with E-state index < -0.39 is 17.7 Å². The predicted octanol–water partition coefficient (Wildman–Crippen LogP) is 1.70. The van der Waals surface area contributed by atoms with Gasteiger partial charge in [0.1, 0.15) is 5.60 Å². The van der Waals surface area contributed by atoms with E-state index in [1.54, 1.807) is 32.3 Å². The number of urea groups is 1. The summed E-state index contributed by atoms with van der Waals surface area (Å²) in [4.78, 5) is 26.3. The van der Waals surface area contributed by atoms with Gasteiger partial charge in [-0.05, 0) is 20.8 Å². The van der Waals surface area contributed by atoms with Crippen LogP contribution in [-0.2, 0) is 4.74 Å². The fraction of sp³-hybridized carbons (Fsp3) is 0.444. The van der Waals surface area contributed by atoms with Crippen molar-refractivity contribution in [1.29, 1.82) is 0 Å². The fourth-order valence-corrected chi connectivity index (χ4v) is 1.35. The summed E-state index contributed by atoms with van der Waals surface area (Å²) >= 11 is 1.27. The molecule has 0 unspecified atom stereocenters. The number of hydrogen-bond donors (Lipinski definition) is 3. The summed E-state index contributed by atoms with van der Waals surface area (Å²) in [6.07, 6.45) is 0.827. The highest BCUT2D eigenvalue weighted by Gasteiger charge is 2.16. The highest BCUT2D eigenvalue weighted by molar-refractivity contribution is 7.13. The SMILES string of the molecule is CC(C)(C)OC(=O)NNC(=O)Nc1nccs1. The van der Waals surface area contributed by atoms with Crippen molar-refractivity contribution in [3.63, 3.8) is 0 Å². The Hall–Kier alpha value is -1.83. The van der Waals surface area contributed by atoms with Crippen LogP contribution in [0.2, 0.25) is 0 Å². The van der Waals surface area contributed by atoms with Crippen LogP contribution in [-0.4, -0.2) is 22.7 Å². The molecule has 0 spiro atoms. The van der Waals surface area contributed by atoms with Crippen molar-refractivity contribution in [3.05, 3.63) is 11.6 Å². The van der Waals surface area contributed by atoms with E-state index in [0.29, 0.717) is 5.13 Å². The number of hydrazine groups is 1. The van der Waals surface area contributed by atoms with E-state index in [2.05, 4.69) is 21.2 Å². The minimum atomic E-state index is -0.730. The zero-order valence-corrected chi connectivity index (χ0v) is 10.6. The Morgan fingerprint density at radius 2 is 2.06 bits per heavy atom. The number of amides is 3. The second-order valence-corrected chi connectivity index (χ2v) is 4.94. The summed E-state index contributed by atoms with van der Waals surface area (Å²) in [5.41, 5.74) is 3.63. The molecule has 0 aliphatic rings. The van der Waals surface area contributed by atoms with Crippen LogP contribution in [0.3, 0.4) is 0 Å². The molecule has 0 aliphatic carbocycles. The van der Waals surface area contributed by atoms with Crippen molar-refractivity contribution in [2.24, 2.45) is 0 Å². The Kier molecular flexibility index (Phi) is 4.27. The Morgan fingerprint density at radius 1 is 1.35 bits per heavy atom. The molecule has 0 fully saturated rings. The third-order valence-corrected chi connectivity index (χ3v) is 2.02. The lowest BCUT2D eigenvalue weighted by atomic mass is 10.2. The summed E-state index contributed by atoms with van der Waals surface area (Å²) in [6, 6.07) is -0.592. The second-order valence-electron chi connectivity index (χ2n) is 4.04. The number of carbonyl (C=O) groups excluding carboxylic acids is 2. The number of nitrogens with one attached hydrogen (secondary N) is 3. The van der Waals surface area contributed by atoms with Crippen molar-refractivity contribution in [3.8, 4) is 0 Å². The molecule has 7 nitrogen and oxygen atoms in total. The lowest BCUT2D eigenvalue weighted by Crippen LogP contribution is -2.46. The van der Waals surface area contributed by atoms with Crippen molar-refractivity contribution >= 4 is 28.6 Å². The van der Waals surface area contributed by atoms with Gasteiger partial charge in [0.25, 0.3) is 0 Å².